The predicted molar refractivity (Wildman–Crippen MR) is 160 cm³/mol. The first-order valence-electron chi connectivity index (χ1n) is 13.5. The highest BCUT2D eigenvalue weighted by Crippen LogP contribution is 2.33. The number of unbranched alkanes of at least 4 members (excludes halogenated alkanes) is 1. The van der Waals surface area contributed by atoms with E-state index in [0.29, 0.717) is 43.3 Å². The maximum Gasteiger partial charge on any atom is 0.326 e. The zero-order valence-corrected chi connectivity index (χ0v) is 25.3. The fourth-order valence-electron chi connectivity index (χ4n) is 4.61. The van der Waals surface area contributed by atoms with E-state index in [1.165, 1.54) is 18.2 Å². The average Bonchev–Trinajstić information content (AvgIpc) is 3.43. The van der Waals surface area contributed by atoms with Crippen molar-refractivity contribution in [1.29, 1.82) is 0 Å². The third-order valence-electron chi connectivity index (χ3n) is 6.78. The molecular weight excluding hydrogens is 603 g/mol. The van der Waals surface area contributed by atoms with Gasteiger partial charge in [-0.25, -0.2) is 8.42 Å². The molecule has 13 heteroatoms. The smallest absolute Gasteiger partial charge is 0.326 e. The quantitative estimate of drug-likeness (QED) is 0.155. The molecule has 2 heterocycles. The third-order valence-corrected chi connectivity index (χ3v) is 8.97. The Bertz CT molecular complexity index is 1650. The number of fused-ring (bicyclic) bond motifs is 1. The Labute approximate surface area is 254 Å². The predicted octanol–water partition coefficient (Wildman–Crippen LogP) is 5.57. The molecular formula is C29H30Cl2N4O6S. The van der Waals surface area contributed by atoms with Crippen LogP contribution in [0.2, 0.25) is 10.0 Å². The van der Waals surface area contributed by atoms with Gasteiger partial charge < -0.3 is 14.0 Å². The molecule has 42 heavy (non-hydrogen) atoms. The molecule has 0 bridgehead atoms. The molecule has 0 atom stereocenters. The van der Waals surface area contributed by atoms with Crippen molar-refractivity contribution >= 4 is 55.7 Å². The van der Waals surface area contributed by atoms with Crippen molar-refractivity contribution in [3.63, 3.8) is 0 Å². The normalized spacial score (nSPS) is 14.3. The molecule has 1 aromatic heterocycles. The van der Waals surface area contributed by atoms with E-state index in [9.17, 15) is 13.2 Å². The highest BCUT2D eigenvalue weighted by molar-refractivity contribution is 7.92. The van der Waals surface area contributed by atoms with Crippen molar-refractivity contribution in [2.45, 2.75) is 31.2 Å². The zero-order chi connectivity index (χ0) is 29.7. The van der Waals surface area contributed by atoms with Crippen LogP contribution in [0.5, 0.6) is 0 Å². The Balaban J connectivity index is 1.48. The van der Waals surface area contributed by atoms with E-state index in [1.807, 2.05) is 25.1 Å². The highest BCUT2D eigenvalue weighted by Gasteiger charge is 2.29. The van der Waals surface area contributed by atoms with Crippen molar-refractivity contribution in [2.75, 3.05) is 43.8 Å². The van der Waals surface area contributed by atoms with E-state index >= 15 is 0 Å². The lowest BCUT2D eigenvalue weighted by molar-refractivity contribution is -0.141. The standard InChI is InChI=1S/C29H30Cl2N4O6S/c1-2-3-11-40-28(36)19-35(42(37,38)24-16-21(30)15-22(31)17-24)23-7-8-25-20(14-23)5-4-6-26(25)29-32-27(41-33-29)18-34-9-12-39-13-10-34/h4-8,14-17H,2-3,9-13,18-19H2,1H3. The Kier molecular flexibility index (Phi) is 9.64. The summed E-state index contributed by atoms with van der Waals surface area (Å²) >= 11 is 12.2. The summed E-state index contributed by atoms with van der Waals surface area (Å²) in [4.78, 5) is 19.4. The van der Waals surface area contributed by atoms with Crippen LogP contribution in [0.25, 0.3) is 22.2 Å². The third kappa shape index (κ3) is 7.04. The monoisotopic (exact) mass is 632 g/mol. The molecule has 1 saturated heterocycles. The first-order chi connectivity index (χ1) is 20.2. The number of benzene rings is 3. The molecule has 5 rings (SSSR count). The average molecular weight is 634 g/mol. The van der Waals surface area contributed by atoms with Gasteiger partial charge in [0.2, 0.25) is 11.7 Å². The van der Waals surface area contributed by atoms with E-state index < -0.39 is 22.5 Å². The zero-order valence-electron chi connectivity index (χ0n) is 23.0. The number of nitrogens with zero attached hydrogens (tertiary/aromatic N) is 4. The number of carbonyl (C=O) groups excluding carboxylic acids is 1. The summed E-state index contributed by atoms with van der Waals surface area (Å²) in [5.41, 5.74) is 0.996. The fraction of sp³-hybridized carbons (Fsp3) is 0.345. The van der Waals surface area contributed by atoms with Crippen LogP contribution in [-0.2, 0) is 30.8 Å². The molecule has 0 spiro atoms. The Morgan fingerprint density at radius 3 is 2.57 bits per heavy atom. The van der Waals surface area contributed by atoms with Crippen molar-refractivity contribution in [2.24, 2.45) is 0 Å². The second-order valence-electron chi connectivity index (χ2n) is 9.80. The minimum atomic E-state index is -4.26. The van der Waals surface area contributed by atoms with Crippen LogP contribution >= 0.6 is 23.2 Å². The number of sulfonamides is 1. The lowest BCUT2D eigenvalue weighted by Gasteiger charge is -2.24. The Morgan fingerprint density at radius 2 is 1.83 bits per heavy atom. The van der Waals surface area contributed by atoms with Crippen molar-refractivity contribution < 1.29 is 27.2 Å². The van der Waals surface area contributed by atoms with Gasteiger partial charge in [-0.05, 0) is 47.5 Å². The molecule has 0 radical (unpaired) electrons. The van der Waals surface area contributed by atoms with Gasteiger partial charge in [-0.15, -0.1) is 0 Å². The number of hydrogen-bond donors (Lipinski definition) is 0. The van der Waals surface area contributed by atoms with E-state index in [-0.39, 0.29) is 27.2 Å². The molecule has 0 N–H and O–H groups in total. The summed E-state index contributed by atoms with van der Waals surface area (Å²) in [5, 5.41) is 6.01. The van der Waals surface area contributed by atoms with Crippen LogP contribution in [-0.4, -0.2) is 68.9 Å². The molecule has 1 fully saturated rings. The van der Waals surface area contributed by atoms with Crippen LogP contribution in [0.15, 0.2) is 64.0 Å². The van der Waals surface area contributed by atoms with Gasteiger partial charge in [0.15, 0.2) is 0 Å². The van der Waals surface area contributed by atoms with Crippen LogP contribution in [0.3, 0.4) is 0 Å². The lowest BCUT2D eigenvalue weighted by atomic mass is 10.0. The number of hydrogen-bond acceptors (Lipinski definition) is 9. The van der Waals surface area contributed by atoms with Gasteiger partial charge in [-0.2, -0.15) is 4.98 Å². The number of esters is 1. The number of anilines is 1. The molecule has 0 aliphatic carbocycles. The molecule has 0 unspecified atom stereocenters. The highest BCUT2D eigenvalue weighted by atomic mass is 35.5. The fourth-order valence-corrected chi connectivity index (χ4v) is 6.74. The Hall–Kier alpha value is -3.22. The van der Waals surface area contributed by atoms with Crippen LogP contribution in [0, 0.1) is 0 Å². The van der Waals surface area contributed by atoms with E-state index in [2.05, 4.69) is 15.0 Å². The van der Waals surface area contributed by atoms with E-state index in [4.69, 9.17) is 37.2 Å². The first kappa shape index (κ1) is 30.2. The van der Waals surface area contributed by atoms with Gasteiger partial charge in [-0.3, -0.25) is 14.0 Å². The van der Waals surface area contributed by atoms with E-state index in [1.54, 1.807) is 18.2 Å². The van der Waals surface area contributed by atoms with Gasteiger partial charge in [0.25, 0.3) is 10.0 Å². The number of aromatic nitrogens is 2. The van der Waals surface area contributed by atoms with Gasteiger partial charge in [0.05, 0.1) is 36.9 Å². The SMILES string of the molecule is CCCCOC(=O)CN(c1ccc2c(-c3noc(CN4CCOCC4)n3)cccc2c1)S(=O)(=O)c1cc(Cl)cc(Cl)c1. The van der Waals surface area contributed by atoms with Gasteiger partial charge in [-0.1, -0.05) is 66.0 Å². The summed E-state index contributed by atoms with van der Waals surface area (Å²) in [6.45, 7) is 5.09. The summed E-state index contributed by atoms with van der Waals surface area (Å²) in [6, 6.07) is 14.7. The molecule has 222 valence electrons. The lowest BCUT2D eigenvalue weighted by Crippen LogP contribution is -2.36. The maximum absolute atomic E-state index is 13.9. The maximum atomic E-state index is 13.9. The molecule has 10 nitrogen and oxygen atoms in total. The summed E-state index contributed by atoms with van der Waals surface area (Å²) < 4.78 is 44.9. The summed E-state index contributed by atoms with van der Waals surface area (Å²) in [7, 11) is -4.26. The minimum Gasteiger partial charge on any atom is -0.464 e. The van der Waals surface area contributed by atoms with Gasteiger partial charge in [0, 0.05) is 28.7 Å². The van der Waals surface area contributed by atoms with Crippen molar-refractivity contribution in [1.82, 2.24) is 15.0 Å². The summed E-state index contributed by atoms with van der Waals surface area (Å²) in [5.74, 6) is 0.252. The van der Waals surface area contributed by atoms with Crippen molar-refractivity contribution in [3.8, 4) is 11.4 Å². The molecule has 4 aromatic rings. The topological polar surface area (TPSA) is 115 Å². The number of rotatable bonds is 11. The number of halogens is 2. The molecule has 3 aromatic carbocycles. The van der Waals surface area contributed by atoms with Gasteiger partial charge in [0.1, 0.15) is 6.54 Å². The van der Waals surface area contributed by atoms with Crippen LogP contribution in [0.1, 0.15) is 25.7 Å². The minimum absolute atomic E-state index is 0.144. The second-order valence-corrected chi connectivity index (χ2v) is 12.5. The number of ether oxygens (including phenoxy) is 2. The van der Waals surface area contributed by atoms with Crippen molar-refractivity contribution in [3.05, 3.63) is 70.5 Å². The van der Waals surface area contributed by atoms with Crippen LogP contribution < -0.4 is 4.31 Å². The largest absolute Gasteiger partial charge is 0.464 e. The number of carbonyl (C=O) groups is 1. The molecule has 0 saturated carbocycles. The molecule has 1 aliphatic rings. The Morgan fingerprint density at radius 1 is 1.07 bits per heavy atom. The molecule has 1 aliphatic heterocycles. The van der Waals surface area contributed by atoms with E-state index in [0.717, 1.165) is 34.8 Å². The summed E-state index contributed by atoms with van der Waals surface area (Å²) in [6.07, 6.45) is 1.50. The molecule has 0 amide bonds. The van der Waals surface area contributed by atoms with Crippen LogP contribution in [0.4, 0.5) is 5.69 Å². The number of morpholine rings is 1. The first-order valence-corrected chi connectivity index (χ1v) is 15.7. The van der Waals surface area contributed by atoms with Gasteiger partial charge >= 0.3 is 5.97 Å². The second kappa shape index (κ2) is 13.4.